The van der Waals surface area contributed by atoms with E-state index in [9.17, 15) is 21.6 Å². The van der Waals surface area contributed by atoms with Crippen molar-refractivity contribution in [3.05, 3.63) is 87.9 Å². The number of benzene rings is 3. The summed E-state index contributed by atoms with van der Waals surface area (Å²) < 4.78 is 56.6. The molecular formula is C23H22Cl2N2O7S2. The van der Waals surface area contributed by atoms with Gasteiger partial charge in [0.25, 0.3) is 0 Å². The van der Waals surface area contributed by atoms with Crippen molar-refractivity contribution in [3.8, 4) is 5.75 Å². The Morgan fingerprint density at radius 3 is 2.28 bits per heavy atom. The van der Waals surface area contributed by atoms with Gasteiger partial charge in [-0.2, -0.15) is 4.31 Å². The number of rotatable bonds is 11. The third-order valence-corrected chi connectivity index (χ3v) is 8.52. The topological polar surface area (TPSA) is 144 Å². The zero-order valence-electron chi connectivity index (χ0n) is 18.7. The van der Waals surface area contributed by atoms with Crippen molar-refractivity contribution in [2.24, 2.45) is 5.14 Å². The fourth-order valence-corrected chi connectivity index (χ4v) is 5.96. The highest BCUT2D eigenvalue weighted by Crippen LogP contribution is 2.29. The van der Waals surface area contributed by atoms with Crippen LogP contribution in [0.2, 0.25) is 10.0 Å². The van der Waals surface area contributed by atoms with Gasteiger partial charge in [-0.3, -0.25) is 0 Å². The number of hydrogen-bond donors (Lipinski definition) is 2. The van der Waals surface area contributed by atoms with Crippen LogP contribution in [0.1, 0.15) is 11.1 Å². The lowest BCUT2D eigenvalue weighted by molar-refractivity contribution is -0.139. The zero-order chi connectivity index (χ0) is 26.5. The number of nitrogens with zero attached hydrogens (tertiary/aromatic N) is 1. The normalized spacial score (nSPS) is 12.0. The molecule has 0 saturated heterocycles. The summed E-state index contributed by atoms with van der Waals surface area (Å²) >= 11 is 12.2. The second-order valence-corrected chi connectivity index (χ2v) is 12.0. The first kappa shape index (κ1) is 27.9. The molecule has 0 atom stereocenters. The highest BCUT2D eigenvalue weighted by atomic mass is 35.5. The predicted octanol–water partition coefficient (Wildman–Crippen LogP) is 3.54. The van der Waals surface area contributed by atoms with Crippen LogP contribution in [0.5, 0.6) is 5.75 Å². The van der Waals surface area contributed by atoms with Crippen LogP contribution in [0.4, 0.5) is 0 Å². The predicted molar refractivity (Wildman–Crippen MR) is 135 cm³/mol. The van der Waals surface area contributed by atoms with Crippen LogP contribution in [0, 0.1) is 0 Å². The number of nitrogens with two attached hydrogens (primary N) is 1. The number of primary sulfonamides is 1. The number of hydrogen-bond acceptors (Lipinski definition) is 6. The van der Waals surface area contributed by atoms with Gasteiger partial charge in [-0.1, -0.05) is 47.5 Å². The van der Waals surface area contributed by atoms with E-state index >= 15 is 0 Å². The molecular weight excluding hydrogens is 551 g/mol. The van der Waals surface area contributed by atoms with Crippen molar-refractivity contribution in [1.82, 2.24) is 4.31 Å². The minimum atomic E-state index is -4.13. The number of ether oxygens (including phenoxy) is 1. The molecule has 0 aromatic heterocycles. The number of carboxylic acids is 1. The van der Waals surface area contributed by atoms with E-state index in [4.69, 9.17) is 38.2 Å². The number of carbonyl (C=O) groups is 1. The molecule has 0 saturated carbocycles. The lowest BCUT2D eigenvalue weighted by Gasteiger charge is -2.23. The van der Waals surface area contributed by atoms with E-state index in [-0.39, 0.29) is 45.1 Å². The lowest BCUT2D eigenvalue weighted by atomic mass is 10.1. The van der Waals surface area contributed by atoms with E-state index in [1.165, 1.54) is 34.6 Å². The molecule has 3 aromatic rings. The Kier molecular flexibility index (Phi) is 8.98. The summed E-state index contributed by atoms with van der Waals surface area (Å²) in [6, 6.07) is 16.3. The minimum absolute atomic E-state index is 0.000414. The Hall–Kier alpha value is -2.67. The first-order chi connectivity index (χ1) is 16.9. The van der Waals surface area contributed by atoms with Gasteiger partial charge in [0, 0.05) is 18.1 Å². The van der Waals surface area contributed by atoms with E-state index in [2.05, 4.69) is 0 Å². The third kappa shape index (κ3) is 7.42. The summed E-state index contributed by atoms with van der Waals surface area (Å²) in [7, 11) is -7.98. The maximum absolute atomic E-state index is 13.6. The highest BCUT2D eigenvalue weighted by Gasteiger charge is 2.27. The summed E-state index contributed by atoms with van der Waals surface area (Å²) in [5, 5.41) is 14.2. The van der Waals surface area contributed by atoms with Crippen LogP contribution >= 0.6 is 23.2 Å². The maximum Gasteiger partial charge on any atom is 0.341 e. The van der Waals surface area contributed by atoms with Gasteiger partial charge in [0.1, 0.15) is 10.6 Å². The Bertz CT molecular complexity index is 1460. The first-order valence-electron chi connectivity index (χ1n) is 10.4. The number of halogens is 2. The van der Waals surface area contributed by atoms with Gasteiger partial charge in [-0.05, 0) is 60.0 Å². The van der Waals surface area contributed by atoms with Crippen LogP contribution in [-0.4, -0.2) is 45.4 Å². The Morgan fingerprint density at radius 2 is 1.64 bits per heavy atom. The average molecular weight is 573 g/mol. The van der Waals surface area contributed by atoms with E-state index in [1.807, 2.05) is 0 Å². The van der Waals surface area contributed by atoms with Crippen LogP contribution in [0.25, 0.3) is 0 Å². The van der Waals surface area contributed by atoms with E-state index in [0.29, 0.717) is 11.1 Å². The van der Waals surface area contributed by atoms with Crippen molar-refractivity contribution in [3.63, 3.8) is 0 Å². The van der Waals surface area contributed by atoms with Gasteiger partial charge in [-0.25, -0.2) is 26.8 Å². The molecule has 0 spiro atoms. The second kappa shape index (κ2) is 11.6. The molecule has 0 amide bonds. The van der Waals surface area contributed by atoms with Gasteiger partial charge in [0.2, 0.25) is 20.0 Å². The smallest absolute Gasteiger partial charge is 0.341 e. The van der Waals surface area contributed by atoms with E-state index < -0.39 is 32.6 Å². The summed E-state index contributed by atoms with van der Waals surface area (Å²) in [5.74, 6) is -0.875. The van der Waals surface area contributed by atoms with Crippen molar-refractivity contribution in [2.75, 3.05) is 13.2 Å². The summed E-state index contributed by atoms with van der Waals surface area (Å²) in [6.45, 7) is -0.608. The summed E-state index contributed by atoms with van der Waals surface area (Å²) in [4.78, 5) is 10.6. The molecule has 0 bridgehead atoms. The monoisotopic (exact) mass is 572 g/mol. The first-order valence-corrected chi connectivity index (χ1v) is 14.1. The van der Waals surface area contributed by atoms with Crippen LogP contribution in [0.15, 0.2) is 76.5 Å². The van der Waals surface area contributed by atoms with Gasteiger partial charge in [-0.15, -0.1) is 0 Å². The molecule has 0 heterocycles. The number of sulfonamides is 2. The molecule has 0 aliphatic rings. The van der Waals surface area contributed by atoms with E-state index in [0.717, 1.165) is 0 Å². The van der Waals surface area contributed by atoms with Crippen molar-refractivity contribution < 1.29 is 31.5 Å². The molecule has 0 radical (unpaired) electrons. The van der Waals surface area contributed by atoms with Crippen molar-refractivity contribution >= 4 is 49.2 Å². The van der Waals surface area contributed by atoms with Gasteiger partial charge in [0.05, 0.1) is 9.92 Å². The lowest BCUT2D eigenvalue weighted by Crippen LogP contribution is -2.33. The zero-order valence-corrected chi connectivity index (χ0v) is 21.8. The highest BCUT2D eigenvalue weighted by molar-refractivity contribution is 7.89. The average Bonchev–Trinajstić information content (AvgIpc) is 2.81. The molecule has 0 unspecified atom stereocenters. The second-order valence-electron chi connectivity index (χ2n) is 7.68. The fraction of sp³-hybridized carbons (Fsp3) is 0.174. The number of aliphatic carboxylic acids is 1. The van der Waals surface area contributed by atoms with Gasteiger partial charge >= 0.3 is 5.97 Å². The Morgan fingerprint density at radius 1 is 0.944 bits per heavy atom. The molecule has 3 aromatic carbocycles. The summed E-state index contributed by atoms with van der Waals surface area (Å²) in [5.41, 5.74) is 1.22. The fourth-order valence-electron chi connectivity index (χ4n) is 3.28. The Balaban J connectivity index is 1.91. The van der Waals surface area contributed by atoms with Crippen molar-refractivity contribution in [2.45, 2.75) is 22.8 Å². The molecule has 3 rings (SSSR count). The quantitative estimate of drug-likeness (QED) is 0.357. The molecule has 13 heteroatoms. The molecule has 192 valence electrons. The molecule has 0 fully saturated rings. The van der Waals surface area contributed by atoms with Gasteiger partial charge < -0.3 is 9.84 Å². The largest absolute Gasteiger partial charge is 0.482 e. The number of carboxylic acid groups (broad SMARTS) is 1. The van der Waals surface area contributed by atoms with Crippen LogP contribution < -0.4 is 9.88 Å². The molecule has 9 nitrogen and oxygen atoms in total. The van der Waals surface area contributed by atoms with Crippen molar-refractivity contribution in [1.29, 1.82) is 0 Å². The third-order valence-electron chi connectivity index (χ3n) is 5.03. The molecule has 0 aliphatic carbocycles. The summed E-state index contributed by atoms with van der Waals surface area (Å²) in [6.07, 6.45) is 0.248. The molecule has 36 heavy (non-hydrogen) atoms. The molecule has 3 N–H and O–H groups in total. The van der Waals surface area contributed by atoms with Crippen LogP contribution in [-0.2, 0) is 37.8 Å². The van der Waals surface area contributed by atoms with E-state index in [1.54, 1.807) is 36.4 Å². The van der Waals surface area contributed by atoms with Gasteiger partial charge in [0.15, 0.2) is 6.61 Å². The minimum Gasteiger partial charge on any atom is -0.482 e. The maximum atomic E-state index is 13.6. The Labute approximate surface area is 219 Å². The van der Waals surface area contributed by atoms with Crippen LogP contribution in [0.3, 0.4) is 0 Å². The SMILES string of the molecule is NS(=O)(=O)c1ccc(CCN(Cc2cccc(OCC(=O)O)c2)S(=O)(=O)c2cc(Cl)ccc2Cl)cc1. The standard InChI is InChI=1S/C23H22Cl2N2O7S2/c24-18-6-9-21(25)22(13-18)36(32,33)27(11-10-16-4-7-20(8-5-16)35(26,30)31)14-17-2-1-3-19(12-17)34-15-23(28)29/h1-9,12-13H,10-11,14-15H2,(H,28,29)(H2,26,30,31). The molecule has 0 aliphatic heterocycles.